The van der Waals surface area contributed by atoms with Gasteiger partial charge in [0.05, 0.1) is 23.5 Å². The molecule has 6 heteroatoms. The molecule has 0 radical (unpaired) electrons. The van der Waals surface area contributed by atoms with Gasteiger partial charge < -0.3 is 10.1 Å². The average Bonchev–Trinajstić information content (AvgIpc) is 3.16. The first-order chi connectivity index (χ1) is 12.7. The summed E-state index contributed by atoms with van der Waals surface area (Å²) in [5, 5.41) is 5.90. The minimum absolute atomic E-state index is 0.0440. The van der Waals surface area contributed by atoms with Crippen molar-refractivity contribution in [3.63, 3.8) is 0 Å². The molecule has 1 N–H and O–H groups in total. The molecule has 0 spiro atoms. The van der Waals surface area contributed by atoms with Crippen molar-refractivity contribution in [2.24, 2.45) is 0 Å². The highest BCUT2D eigenvalue weighted by Crippen LogP contribution is 2.20. The van der Waals surface area contributed by atoms with Gasteiger partial charge in [-0.1, -0.05) is 18.2 Å². The minimum Gasteiger partial charge on any atom is -0.497 e. The van der Waals surface area contributed by atoms with Crippen LogP contribution in [0, 0.1) is 0 Å². The number of rotatable bonds is 8. The predicted octanol–water partition coefficient (Wildman–Crippen LogP) is 3.51. The lowest BCUT2D eigenvalue weighted by molar-refractivity contribution is -0.121. The van der Waals surface area contributed by atoms with Crippen LogP contribution in [0.15, 0.2) is 54.0 Å². The van der Waals surface area contributed by atoms with E-state index in [1.54, 1.807) is 24.6 Å². The Kier molecular flexibility index (Phi) is 6.33. The number of hydrogen-bond donors (Lipinski definition) is 1. The SMILES string of the molecule is COc1cccc(CCNC(=O)CCc2nc(-c3ccccn3)cs2)c1. The highest BCUT2D eigenvalue weighted by Gasteiger charge is 2.08. The van der Waals surface area contributed by atoms with Crippen molar-refractivity contribution in [1.29, 1.82) is 0 Å². The number of nitrogens with one attached hydrogen (secondary N) is 1. The number of carbonyl (C=O) groups excluding carboxylic acids is 1. The normalized spacial score (nSPS) is 10.5. The molecule has 0 aliphatic rings. The van der Waals surface area contributed by atoms with Gasteiger partial charge in [0.25, 0.3) is 0 Å². The highest BCUT2D eigenvalue weighted by atomic mass is 32.1. The van der Waals surface area contributed by atoms with E-state index in [4.69, 9.17) is 4.74 Å². The van der Waals surface area contributed by atoms with E-state index in [2.05, 4.69) is 15.3 Å². The molecule has 0 saturated heterocycles. The maximum Gasteiger partial charge on any atom is 0.220 e. The number of pyridine rings is 1. The monoisotopic (exact) mass is 367 g/mol. The molecule has 3 aromatic rings. The van der Waals surface area contributed by atoms with Crippen molar-refractivity contribution in [1.82, 2.24) is 15.3 Å². The third-order valence-corrected chi connectivity index (χ3v) is 4.82. The van der Waals surface area contributed by atoms with Gasteiger partial charge in [-0.2, -0.15) is 0 Å². The van der Waals surface area contributed by atoms with Crippen LogP contribution in [0.1, 0.15) is 17.0 Å². The molecule has 2 heterocycles. The number of thiazole rings is 1. The second-order valence-electron chi connectivity index (χ2n) is 5.79. The molecule has 0 atom stereocenters. The van der Waals surface area contributed by atoms with E-state index in [9.17, 15) is 4.79 Å². The maximum absolute atomic E-state index is 12.0. The predicted molar refractivity (Wildman–Crippen MR) is 103 cm³/mol. The molecule has 1 amide bonds. The first kappa shape index (κ1) is 18.1. The first-order valence-electron chi connectivity index (χ1n) is 8.50. The van der Waals surface area contributed by atoms with Crippen LogP contribution in [0.3, 0.4) is 0 Å². The Bertz CT molecular complexity index is 849. The molecular formula is C20H21N3O2S. The van der Waals surface area contributed by atoms with Crippen molar-refractivity contribution in [2.45, 2.75) is 19.3 Å². The summed E-state index contributed by atoms with van der Waals surface area (Å²) in [4.78, 5) is 20.9. The number of methoxy groups -OCH3 is 1. The Labute approximate surface area is 157 Å². The lowest BCUT2D eigenvalue weighted by atomic mass is 10.1. The fourth-order valence-electron chi connectivity index (χ4n) is 2.54. The summed E-state index contributed by atoms with van der Waals surface area (Å²) in [6.45, 7) is 0.614. The standard InChI is InChI=1S/C20H21N3O2S/c1-25-16-6-4-5-15(13-16)10-12-22-19(24)8-9-20-23-18(14-26-20)17-7-2-3-11-21-17/h2-7,11,13-14H,8-10,12H2,1H3,(H,22,24). The third kappa shape index (κ3) is 5.13. The van der Waals surface area contributed by atoms with E-state index in [-0.39, 0.29) is 5.91 Å². The van der Waals surface area contributed by atoms with Gasteiger partial charge in [0.15, 0.2) is 0 Å². The van der Waals surface area contributed by atoms with Crippen molar-refractivity contribution in [2.75, 3.05) is 13.7 Å². The largest absolute Gasteiger partial charge is 0.497 e. The topological polar surface area (TPSA) is 64.1 Å². The molecule has 0 saturated carbocycles. The van der Waals surface area contributed by atoms with Gasteiger partial charge in [0, 0.05) is 31.0 Å². The molecule has 0 aliphatic carbocycles. The summed E-state index contributed by atoms with van der Waals surface area (Å²) in [5.41, 5.74) is 2.87. The van der Waals surface area contributed by atoms with Gasteiger partial charge in [0.1, 0.15) is 5.75 Å². The van der Waals surface area contributed by atoms with Gasteiger partial charge in [-0.25, -0.2) is 4.98 Å². The molecule has 3 rings (SSSR count). The summed E-state index contributed by atoms with van der Waals surface area (Å²) >= 11 is 1.57. The number of aryl methyl sites for hydroxylation is 1. The van der Waals surface area contributed by atoms with Gasteiger partial charge in [-0.3, -0.25) is 9.78 Å². The zero-order chi connectivity index (χ0) is 18.2. The Morgan fingerprint density at radius 3 is 2.88 bits per heavy atom. The summed E-state index contributed by atoms with van der Waals surface area (Å²) < 4.78 is 5.21. The molecule has 0 unspecified atom stereocenters. The van der Waals surface area contributed by atoms with Gasteiger partial charge in [-0.15, -0.1) is 11.3 Å². The van der Waals surface area contributed by atoms with Crippen molar-refractivity contribution in [3.05, 3.63) is 64.6 Å². The Morgan fingerprint density at radius 1 is 1.15 bits per heavy atom. The fourth-order valence-corrected chi connectivity index (χ4v) is 3.33. The van der Waals surface area contributed by atoms with Crippen LogP contribution in [-0.2, 0) is 17.6 Å². The molecule has 2 aromatic heterocycles. The number of benzene rings is 1. The van der Waals surface area contributed by atoms with Crippen molar-refractivity contribution in [3.8, 4) is 17.1 Å². The molecule has 26 heavy (non-hydrogen) atoms. The lowest BCUT2D eigenvalue weighted by Gasteiger charge is -2.06. The summed E-state index contributed by atoms with van der Waals surface area (Å²) in [5.74, 6) is 0.879. The quantitative estimate of drug-likeness (QED) is 0.662. The zero-order valence-electron chi connectivity index (χ0n) is 14.6. The molecule has 5 nitrogen and oxygen atoms in total. The van der Waals surface area contributed by atoms with E-state index in [0.29, 0.717) is 19.4 Å². The molecule has 0 aliphatic heterocycles. The highest BCUT2D eigenvalue weighted by molar-refractivity contribution is 7.09. The molecule has 134 valence electrons. The van der Waals surface area contributed by atoms with Crippen LogP contribution >= 0.6 is 11.3 Å². The number of carbonyl (C=O) groups is 1. The van der Waals surface area contributed by atoms with Crippen LogP contribution in [-0.4, -0.2) is 29.5 Å². The summed E-state index contributed by atoms with van der Waals surface area (Å²) in [6.07, 6.45) is 3.61. The van der Waals surface area contributed by atoms with E-state index < -0.39 is 0 Å². The maximum atomic E-state index is 12.0. The number of amides is 1. The number of aromatic nitrogens is 2. The number of nitrogens with zero attached hydrogens (tertiary/aromatic N) is 2. The summed E-state index contributed by atoms with van der Waals surface area (Å²) in [7, 11) is 1.65. The molecule has 0 bridgehead atoms. The smallest absolute Gasteiger partial charge is 0.220 e. The Balaban J connectivity index is 1.42. The van der Waals surface area contributed by atoms with E-state index in [1.165, 1.54) is 0 Å². The van der Waals surface area contributed by atoms with Crippen LogP contribution in [0.4, 0.5) is 0 Å². The van der Waals surface area contributed by atoms with E-state index >= 15 is 0 Å². The minimum atomic E-state index is 0.0440. The fraction of sp³-hybridized carbons (Fsp3) is 0.250. The Hall–Kier alpha value is -2.73. The van der Waals surface area contributed by atoms with Gasteiger partial charge in [-0.05, 0) is 36.2 Å². The number of hydrogen-bond acceptors (Lipinski definition) is 5. The van der Waals surface area contributed by atoms with Crippen LogP contribution in [0.25, 0.3) is 11.4 Å². The van der Waals surface area contributed by atoms with E-state index in [1.807, 2.05) is 47.8 Å². The number of ether oxygens (including phenoxy) is 1. The van der Waals surface area contributed by atoms with Crippen LogP contribution < -0.4 is 10.1 Å². The average molecular weight is 367 g/mol. The van der Waals surface area contributed by atoms with Gasteiger partial charge in [0.2, 0.25) is 5.91 Å². The summed E-state index contributed by atoms with van der Waals surface area (Å²) in [6, 6.07) is 13.6. The van der Waals surface area contributed by atoms with Crippen molar-refractivity contribution >= 4 is 17.2 Å². The van der Waals surface area contributed by atoms with E-state index in [0.717, 1.165) is 34.1 Å². The third-order valence-electron chi connectivity index (χ3n) is 3.91. The zero-order valence-corrected chi connectivity index (χ0v) is 15.5. The van der Waals surface area contributed by atoms with Crippen LogP contribution in [0.5, 0.6) is 5.75 Å². The lowest BCUT2D eigenvalue weighted by Crippen LogP contribution is -2.25. The molecule has 1 aromatic carbocycles. The Morgan fingerprint density at radius 2 is 2.08 bits per heavy atom. The molecular weight excluding hydrogens is 346 g/mol. The second-order valence-corrected chi connectivity index (χ2v) is 6.74. The second kappa shape index (κ2) is 9.10. The van der Waals surface area contributed by atoms with Crippen LogP contribution in [0.2, 0.25) is 0 Å². The first-order valence-corrected chi connectivity index (χ1v) is 9.38. The van der Waals surface area contributed by atoms with Gasteiger partial charge >= 0.3 is 0 Å². The van der Waals surface area contributed by atoms with Crippen molar-refractivity contribution < 1.29 is 9.53 Å². The molecule has 0 fully saturated rings.